The Kier molecular flexibility index (Phi) is 5.57. The summed E-state index contributed by atoms with van der Waals surface area (Å²) in [4.78, 5) is 12.3. The summed E-state index contributed by atoms with van der Waals surface area (Å²) in [5, 5.41) is 3.83. The van der Waals surface area contributed by atoms with Crippen molar-refractivity contribution in [3.63, 3.8) is 0 Å². The number of benzene rings is 2. The third-order valence-corrected chi connectivity index (χ3v) is 4.40. The maximum absolute atomic E-state index is 12.3. The molecular weight excluding hydrogens is 326 g/mol. The first-order valence-electron chi connectivity index (χ1n) is 7.08. The molecule has 2 aromatic rings. The number of halogens is 1. The number of hydrogen-bond donors (Lipinski definition) is 1. The van der Waals surface area contributed by atoms with Crippen molar-refractivity contribution < 1.29 is 4.79 Å². The Balaban J connectivity index is 2.04. The zero-order chi connectivity index (χ0) is 15.2. The van der Waals surface area contributed by atoms with Crippen LogP contribution in [-0.4, -0.2) is 17.3 Å². The highest BCUT2D eigenvalue weighted by atomic mass is 79.9. The van der Waals surface area contributed by atoms with E-state index in [0.717, 1.165) is 22.9 Å². The largest absolute Gasteiger partial charge is 0.348 e. The van der Waals surface area contributed by atoms with Gasteiger partial charge in [0.25, 0.3) is 5.91 Å². The van der Waals surface area contributed by atoms with Gasteiger partial charge in [-0.2, -0.15) is 0 Å². The zero-order valence-corrected chi connectivity index (χ0v) is 14.0. The van der Waals surface area contributed by atoms with Crippen molar-refractivity contribution in [2.45, 2.75) is 26.3 Å². The van der Waals surface area contributed by atoms with Crippen LogP contribution in [0.2, 0.25) is 0 Å². The second-order valence-electron chi connectivity index (χ2n) is 5.31. The molecule has 1 amide bonds. The van der Waals surface area contributed by atoms with Crippen molar-refractivity contribution in [1.82, 2.24) is 5.32 Å². The molecule has 2 aromatic carbocycles. The number of amides is 1. The molecule has 0 saturated carbocycles. The molecule has 0 aliphatic rings. The minimum absolute atomic E-state index is 0.0153. The second-order valence-corrected chi connectivity index (χ2v) is 5.96. The smallest absolute Gasteiger partial charge is 0.251 e. The van der Waals surface area contributed by atoms with E-state index in [1.807, 2.05) is 50.2 Å². The molecule has 1 N–H and O–H groups in total. The number of nitrogens with one attached hydrogen (secondary N) is 1. The summed E-state index contributed by atoms with van der Waals surface area (Å²) in [5.74, 6) is -0.0153. The zero-order valence-electron chi connectivity index (χ0n) is 12.4. The van der Waals surface area contributed by atoms with Gasteiger partial charge in [-0.15, -0.1) is 0 Å². The summed E-state index contributed by atoms with van der Waals surface area (Å²) >= 11 is 3.49. The lowest BCUT2D eigenvalue weighted by Gasteiger charge is -2.17. The van der Waals surface area contributed by atoms with Gasteiger partial charge in [0, 0.05) is 16.9 Å². The van der Waals surface area contributed by atoms with Gasteiger partial charge in [0.15, 0.2) is 0 Å². The van der Waals surface area contributed by atoms with Crippen LogP contribution in [0.1, 0.15) is 27.0 Å². The normalized spacial score (nSPS) is 12.0. The molecule has 0 aromatic heterocycles. The van der Waals surface area contributed by atoms with Gasteiger partial charge in [0.05, 0.1) is 0 Å². The summed E-state index contributed by atoms with van der Waals surface area (Å²) < 4.78 is 0. The molecule has 3 heteroatoms. The molecule has 0 aliphatic heterocycles. The van der Waals surface area contributed by atoms with Crippen LogP contribution in [0.3, 0.4) is 0 Å². The molecule has 2 rings (SSSR count). The fourth-order valence-electron chi connectivity index (χ4n) is 2.19. The van der Waals surface area contributed by atoms with Gasteiger partial charge in [0.1, 0.15) is 0 Å². The Morgan fingerprint density at radius 1 is 1.10 bits per heavy atom. The highest BCUT2D eigenvalue weighted by molar-refractivity contribution is 9.09. The molecule has 1 atom stereocenters. The Labute approximate surface area is 134 Å². The van der Waals surface area contributed by atoms with Crippen LogP contribution in [0, 0.1) is 13.8 Å². The van der Waals surface area contributed by atoms with Gasteiger partial charge in [-0.3, -0.25) is 4.79 Å². The summed E-state index contributed by atoms with van der Waals surface area (Å²) in [6.45, 7) is 4.08. The predicted octanol–water partition coefficient (Wildman–Crippen LogP) is 4.04. The van der Waals surface area contributed by atoms with E-state index in [-0.39, 0.29) is 11.9 Å². The molecule has 2 nitrogen and oxygen atoms in total. The molecule has 0 heterocycles. The van der Waals surface area contributed by atoms with E-state index in [4.69, 9.17) is 0 Å². The van der Waals surface area contributed by atoms with Crippen molar-refractivity contribution in [2.75, 3.05) is 5.33 Å². The average Bonchev–Trinajstić information content (AvgIpc) is 2.50. The van der Waals surface area contributed by atoms with Gasteiger partial charge in [0.2, 0.25) is 0 Å². The van der Waals surface area contributed by atoms with Crippen LogP contribution in [0.5, 0.6) is 0 Å². The molecular formula is C18H20BrNO. The lowest BCUT2D eigenvalue weighted by atomic mass is 10.0. The molecule has 0 bridgehead atoms. The third kappa shape index (κ3) is 4.43. The quantitative estimate of drug-likeness (QED) is 0.814. The van der Waals surface area contributed by atoms with E-state index in [1.54, 1.807) is 0 Å². The molecule has 0 radical (unpaired) electrons. The number of hydrogen-bond acceptors (Lipinski definition) is 1. The molecule has 1 unspecified atom stereocenters. The van der Waals surface area contributed by atoms with E-state index in [1.165, 1.54) is 11.1 Å². The van der Waals surface area contributed by atoms with Crippen molar-refractivity contribution in [3.05, 3.63) is 70.8 Å². The van der Waals surface area contributed by atoms with Crippen molar-refractivity contribution in [3.8, 4) is 0 Å². The lowest BCUT2D eigenvalue weighted by molar-refractivity contribution is 0.0941. The van der Waals surface area contributed by atoms with E-state index in [0.29, 0.717) is 0 Å². The third-order valence-electron chi connectivity index (χ3n) is 3.62. The Morgan fingerprint density at radius 2 is 1.81 bits per heavy atom. The Morgan fingerprint density at radius 3 is 2.43 bits per heavy atom. The van der Waals surface area contributed by atoms with E-state index in [2.05, 4.69) is 33.4 Å². The maximum Gasteiger partial charge on any atom is 0.251 e. The molecule has 110 valence electrons. The molecule has 21 heavy (non-hydrogen) atoms. The molecule has 0 saturated heterocycles. The number of carbonyl (C=O) groups is 1. The van der Waals surface area contributed by atoms with Gasteiger partial charge in [-0.25, -0.2) is 0 Å². The van der Waals surface area contributed by atoms with Crippen LogP contribution in [0.4, 0.5) is 0 Å². The van der Waals surface area contributed by atoms with Crippen LogP contribution in [-0.2, 0) is 6.42 Å². The predicted molar refractivity (Wildman–Crippen MR) is 91.1 cm³/mol. The fourth-order valence-corrected chi connectivity index (χ4v) is 2.58. The standard InChI is InChI=1S/C18H20BrNO/c1-13-8-9-16(10-14(13)2)18(21)20-17(12-19)11-15-6-4-3-5-7-15/h3-10,17H,11-12H2,1-2H3,(H,20,21). The molecule has 0 spiro atoms. The Hall–Kier alpha value is -1.61. The number of alkyl halides is 1. The second kappa shape index (κ2) is 7.41. The van der Waals surface area contributed by atoms with Gasteiger partial charge >= 0.3 is 0 Å². The van der Waals surface area contributed by atoms with Crippen molar-refractivity contribution in [2.24, 2.45) is 0 Å². The summed E-state index contributed by atoms with van der Waals surface area (Å²) in [6.07, 6.45) is 0.822. The average molecular weight is 346 g/mol. The van der Waals surface area contributed by atoms with Crippen molar-refractivity contribution in [1.29, 1.82) is 0 Å². The lowest BCUT2D eigenvalue weighted by Crippen LogP contribution is -2.37. The van der Waals surface area contributed by atoms with Crippen LogP contribution >= 0.6 is 15.9 Å². The first-order chi connectivity index (χ1) is 10.1. The van der Waals surface area contributed by atoms with Crippen LogP contribution < -0.4 is 5.32 Å². The number of rotatable bonds is 5. The number of carbonyl (C=O) groups excluding carboxylic acids is 1. The topological polar surface area (TPSA) is 29.1 Å². The monoisotopic (exact) mass is 345 g/mol. The number of aryl methyl sites for hydroxylation is 2. The summed E-state index contributed by atoms with van der Waals surface area (Å²) in [6, 6.07) is 16.1. The van der Waals surface area contributed by atoms with Crippen LogP contribution in [0.25, 0.3) is 0 Å². The van der Waals surface area contributed by atoms with Crippen LogP contribution in [0.15, 0.2) is 48.5 Å². The maximum atomic E-state index is 12.3. The minimum Gasteiger partial charge on any atom is -0.348 e. The fraction of sp³-hybridized carbons (Fsp3) is 0.278. The summed E-state index contributed by atoms with van der Waals surface area (Å²) in [5.41, 5.74) is 4.29. The highest BCUT2D eigenvalue weighted by Crippen LogP contribution is 2.11. The van der Waals surface area contributed by atoms with Crippen molar-refractivity contribution >= 4 is 21.8 Å². The Bertz CT molecular complexity index is 610. The van der Waals surface area contributed by atoms with E-state index >= 15 is 0 Å². The van der Waals surface area contributed by atoms with E-state index in [9.17, 15) is 4.79 Å². The molecule has 0 fully saturated rings. The molecule has 0 aliphatic carbocycles. The minimum atomic E-state index is -0.0153. The first kappa shape index (κ1) is 15.8. The first-order valence-corrected chi connectivity index (χ1v) is 8.20. The summed E-state index contributed by atoms with van der Waals surface area (Å²) in [7, 11) is 0. The van der Waals surface area contributed by atoms with E-state index < -0.39 is 0 Å². The van der Waals surface area contributed by atoms with Gasteiger partial charge in [-0.1, -0.05) is 52.3 Å². The SMILES string of the molecule is Cc1ccc(C(=O)NC(CBr)Cc2ccccc2)cc1C. The van der Waals surface area contributed by atoms with Gasteiger partial charge in [-0.05, 0) is 49.1 Å². The highest BCUT2D eigenvalue weighted by Gasteiger charge is 2.13. The van der Waals surface area contributed by atoms with Gasteiger partial charge < -0.3 is 5.32 Å².